The lowest BCUT2D eigenvalue weighted by molar-refractivity contribution is 0.178. The molecule has 0 saturated heterocycles. The van der Waals surface area contributed by atoms with Crippen LogP contribution in [0, 0.1) is 0 Å². The number of nitrogens with two attached hydrogens (primary N) is 1. The summed E-state index contributed by atoms with van der Waals surface area (Å²) in [5.74, 6) is 1.73. The first kappa shape index (κ1) is 17.1. The topological polar surface area (TPSA) is 51.0 Å². The highest BCUT2D eigenvalue weighted by Gasteiger charge is 2.32. The molecule has 5 nitrogen and oxygen atoms in total. The maximum absolute atomic E-state index is 6.06. The Morgan fingerprint density at radius 2 is 1.95 bits per heavy atom. The van der Waals surface area contributed by atoms with E-state index in [-0.39, 0.29) is 6.04 Å². The molecule has 0 fully saturated rings. The van der Waals surface area contributed by atoms with E-state index < -0.39 is 0 Å². The molecule has 1 atom stereocenters. The van der Waals surface area contributed by atoms with Crippen molar-refractivity contribution < 1.29 is 9.47 Å². The van der Waals surface area contributed by atoms with E-state index in [0.29, 0.717) is 6.54 Å². The summed E-state index contributed by atoms with van der Waals surface area (Å²) in [6.07, 6.45) is 0. The molecule has 1 aromatic rings. The third-order valence-corrected chi connectivity index (χ3v) is 4.63. The minimum Gasteiger partial charge on any atom is -0.497 e. The summed E-state index contributed by atoms with van der Waals surface area (Å²) in [7, 11) is 3.40. The van der Waals surface area contributed by atoms with Crippen LogP contribution >= 0.6 is 0 Å². The van der Waals surface area contributed by atoms with Crippen molar-refractivity contribution in [2.75, 3.05) is 46.9 Å². The maximum atomic E-state index is 6.06. The fourth-order valence-corrected chi connectivity index (χ4v) is 3.28. The summed E-state index contributed by atoms with van der Waals surface area (Å²) in [5.41, 5.74) is 8.56. The van der Waals surface area contributed by atoms with Crippen molar-refractivity contribution in [1.82, 2.24) is 9.80 Å². The quantitative estimate of drug-likeness (QED) is 0.794. The highest BCUT2D eigenvalue weighted by atomic mass is 16.5. The lowest BCUT2D eigenvalue weighted by Gasteiger charge is -2.27. The molecule has 1 aliphatic heterocycles. The molecular weight excluding hydrogens is 278 g/mol. The average Bonchev–Trinajstić information content (AvgIpc) is 2.92. The van der Waals surface area contributed by atoms with Crippen LogP contribution in [0.5, 0.6) is 11.5 Å². The van der Waals surface area contributed by atoms with Gasteiger partial charge in [0.05, 0.1) is 20.3 Å². The van der Waals surface area contributed by atoms with Crippen molar-refractivity contribution in [1.29, 1.82) is 0 Å². The van der Waals surface area contributed by atoms with E-state index in [2.05, 4.69) is 29.7 Å². The molecule has 0 aliphatic carbocycles. The average molecular weight is 307 g/mol. The molecule has 22 heavy (non-hydrogen) atoms. The van der Waals surface area contributed by atoms with Crippen LogP contribution in [0.15, 0.2) is 12.1 Å². The highest BCUT2D eigenvalue weighted by Crippen LogP contribution is 2.41. The van der Waals surface area contributed by atoms with Gasteiger partial charge in [-0.25, -0.2) is 0 Å². The van der Waals surface area contributed by atoms with Gasteiger partial charge in [0, 0.05) is 37.8 Å². The van der Waals surface area contributed by atoms with Gasteiger partial charge >= 0.3 is 0 Å². The molecule has 0 amide bonds. The van der Waals surface area contributed by atoms with Crippen LogP contribution in [0.4, 0.5) is 0 Å². The Labute approximate surface area is 134 Å². The molecule has 124 valence electrons. The van der Waals surface area contributed by atoms with Crippen LogP contribution in [-0.2, 0) is 6.54 Å². The normalized spacial score (nSPS) is 17.8. The van der Waals surface area contributed by atoms with Gasteiger partial charge in [-0.15, -0.1) is 0 Å². The molecule has 0 bridgehead atoms. The number of nitrogens with zero attached hydrogens (tertiary/aromatic N) is 2. The number of ether oxygens (including phenoxy) is 2. The van der Waals surface area contributed by atoms with Gasteiger partial charge in [-0.2, -0.15) is 0 Å². The zero-order chi connectivity index (χ0) is 16.1. The first-order valence-electron chi connectivity index (χ1n) is 8.09. The SMILES string of the molecule is CCN(CC)CCN1Cc2cc(OC)cc(OC)c2C1CN. The van der Waals surface area contributed by atoms with Gasteiger partial charge in [0.2, 0.25) is 0 Å². The summed E-state index contributed by atoms with van der Waals surface area (Å²) in [6.45, 7) is 10.2. The Bertz CT molecular complexity index is 489. The second-order valence-corrected chi connectivity index (χ2v) is 5.65. The summed E-state index contributed by atoms with van der Waals surface area (Å²) < 4.78 is 11.0. The van der Waals surface area contributed by atoms with Gasteiger partial charge in [-0.1, -0.05) is 13.8 Å². The lowest BCUT2D eigenvalue weighted by atomic mass is 10.0. The Morgan fingerprint density at radius 3 is 2.50 bits per heavy atom. The van der Waals surface area contributed by atoms with Gasteiger partial charge in [-0.05, 0) is 24.7 Å². The van der Waals surface area contributed by atoms with Gasteiger partial charge in [0.1, 0.15) is 11.5 Å². The number of likely N-dealkylation sites (N-methyl/N-ethyl adjacent to an activating group) is 1. The molecule has 1 unspecified atom stereocenters. The highest BCUT2D eigenvalue weighted by molar-refractivity contribution is 5.50. The van der Waals surface area contributed by atoms with Gasteiger partial charge in [-0.3, -0.25) is 4.90 Å². The molecule has 1 aliphatic rings. The van der Waals surface area contributed by atoms with E-state index >= 15 is 0 Å². The van der Waals surface area contributed by atoms with Crippen LogP contribution < -0.4 is 15.2 Å². The predicted octanol–water partition coefficient (Wildman–Crippen LogP) is 1.86. The first-order valence-corrected chi connectivity index (χ1v) is 8.09. The van der Waals surface area contributed by atoms with Gasteiger partial charge < -0.3 is 20.1 Å². The maximum Gasteiger partial charge on any atom is 0.127 e. The zero-order valence-electron chi connectivity index (χ0n) is 14.3. The van der Waals surface area contributed by atoms with E-state index in [0.717, 1.165) is 44.2 Å². The van der Waals surface area contributed by atoms with E-state index in [4.69, 9.17) is 15.2 Å². The number of benzene rings is 1. The largest absolute Gasteiger partial charge is 0.497 e. The Balaban J connectivity index is 2.20. The molecule has 0 aromatic heterocycles. The summed E-state index contributed by atoms with van der Waals surface area (Å²) in [4.78, 5) is 4.89. The number of fused-ring (bicyclic) bond motifs is 1. The number of methoxy groups -OCH3 is 2. The number of hydrogen-bond donors (Lipinski definition) is 1. The van der Waals surface area contributed by atoms with E-state index in [1.807, 2.05) is 6.07 Å². The van der Waals surface area contributed by atoms with Crippen LogP contribution in [0.3, 0.4) is 0 Å². The van der Waals surface area contributed by atoms with Crippen LogP contribution in [0.1, 0.15) is 31.0 Å². The smallest absolute Gasteiger partial charge is 0.127 e. The summed E-state index contributed by atoms with van der Waals surface area (Å²) in [6, 6.07) is 4.29. The molecule has 2 rings (SSSR count). The Kier molecular flexibility index (Phi) is 6.06. The monoisotopic (exact) mass is 307 g/mol. The second-order valence-electron chi connectivity index (χ2n) is 5.65. The molecule has 5 heteroatoms. The van der Waals surface area contributed by atoms with Gasteiger partial charge in [0.25, 0.3) is 0 Å². The minimum atomic E-state index is 0.228. The lowest BCUT2D eigenvalue weighted by Crippen LogP contribution is -2.36. The predicted molar refractivity (Wildman–Crippen MR) is 89.5 cm³/mol. The van der Waals surface area contributed by atoms with Crippen LogP contribution in [-0.4, -0.2) is 56.7 Å². The summed E-state index contributed by atoms with van der Waals surface area (Å²) >= 11 is 0. The molecule has 0 spiro atoms. The third kappa shape index (κ3) is 3.37. The van der Waals surface area contributed by atoms with Crippen molar-refractivity contribution in [2.24, 2.45) is 5.73 Å². The number of rotatable bonds is 8. The summed E-state index contributed by atoms with van der Waals surface area (Å²) in [5, 5.41) is 0. The van der Waals surface area contributed by atoms with Crippen LogP contribution in [0.2, 0.25) is 0 Å². The Hall–Kier alpha value is -1.30. The molecule has 0 radical (unpaired) electrons. The molecule has 2 N–H and O–H groups in total. The molecule has 0 saturated carbocycles. The van der Waals surface area contributed by atoms with Crippen molar-refractivity contribution in [3.63, 3.8) is 0 Å². The van der Waals surface area contributed by atoms with Crippen molar-refractivity contribution in [3.05, 3.63) is 23.3 Å². The molecule has 1 aromatic carbocycles. The van der Waals surface area contributed by atoms with Crippen LogP contribution in [0.25, 0.3) is 0 Å². The van der Waals surface area contributed by atoms with Gasteiger partial charge in [0.15, 0.2) is 0 Å². The fraction of sp³-hybridized carbons (Fsp3) is 0.647. The minimum absolute atomic E-state index is 0.228. The van der Waals surface area contributed by atoms with Crippen molar-refractivity contribution in [2.45, 2.75) is 26.4 Å². The second kappa shape index (κ2) is 7.81. The van der Waals surface area contributed by atoms with Crippen molar-refractivity contribution in [3.8, 4) is 11.5 Å². The molecular formula is C17H29N3O2. The van der Waals surface area contributed by atoms with E-state index in [1.54, 1.807) is 14.2 Å². The standard InChI is InChI=1S/C17H29N3O2/c1-5-19(6-2)7-8-20-12-13-9-14(21-3)10-16(22-4)17(13)15(20)11-18/h9-10,15H,5-8,11-12,18H2,1-4H3. The Morgan fingerprint density at radius 1 is 1.23 bits per heavy atom. The zero-order valence-corrected chi connectivity index (χ0v) is 14.3. The number of hydrogen-bond acceptors (Lipinski definition) is 5. The van der Waals surface area contributed by atoms with E-state index in [9.17, 15) is 0 Å². The fourth-order valence-electron chi connectivity index (χ4n) is 3.28. The third-order valence-electron chi connectivity index (χ3n) is 4.63. The first-order chi connectivity index (χ1) is 10.7. The van der Waals surface area contributed by atoms with Crippen molar-refractivity contribution >= 4 is 0 Å². The van der Waals surface area contributed by atoms with E-state index in [1.165, 1.54) is 11.1 Å². The molecule has 1 heterocycles.